The Kier molecular flexibility index (Phi) is 4.01. The van der Waals surface area contributed by atoms with Crippen molar-refractivity contribution >= 4 is 16.0 Å². The van der Waals surface area contributed by atoms with Gasteiger partial charge in [0, 0.05) is 13.1 Å². The Labute approximate surface area is 118 Å². The molecule has 1 aliphatic rings. The normalized spacial score (nSPS) is 20.0. The van der Waals surface area contributed by atoms with Crippen molar-refractivity contribution in [1.82, 2.24) is 4.31 Å². The van der Waals surface area contributed by atoms with Gasteiger partial charge in [-0.3, -0.25) is 4.79 Å². The molecule has 0 bridgehead atoms. The Bertz CT molecular complexity index is 626. The lowest BCUT2D eigenvalue weighted by molar-refractivity contribution is -0.141. The molecule has 7 heteroatoms. The molecule has 1 saturated heterocycles. The number of sulfonamides is 1. The molecule has 1 fully saturated rings. The highest BCUT2D eigenvalue weighted by molar-refractivity contribution is 7.89. The van der Waals surface area contributed by atoms with Crippen LogP contribution in [0.5, 0.6) is 5.75 Å². The number of rotatable bonds is 4. The lowest BCUT2D eigenvalue weighted by atomic mass is 10.1. The quantitative estimate of drug-likeness (QED) is 0.900. The van der Waals surface area contributed by atoms with Crippen LogP contribution in [0.4, 0.5) is 0 Å². The van der Waals surface area contributed by atoms with E-state index in [1.165, 1.54) is 17.5 Å². The van der Waals surface area contributed by atoms with Crippen LogP contribution < -0.4 is 4.74 Å². The van der Waals surface area contributed by atoms with Gasteiger partial charge in [-0.2, -0.15) is 4.31 Å². The molecule has 1 N–H and O–H groups in total. The van der Waals surface area contributed by atoms with Crippen molar-refractivity contribution in [3.8, 4) is 5.75 Å². The molecule has 0 aromatic heterocycles. The molecule has 20 heavy (non-hydrogen) atoms. The van der Waals surface area contributed by atoms with Gasteiger partial charge in [-0.1, -0.05) is 0 Å². The van der Waals surface area contributed by atoms with Crippen molar-refractivity contribution in [1.29, 1.82) is 0 Å². The summed E-state index contributed by atoms with van der Waals surface area (Å²) in [5.41, 5.74) is 0.586. The highest BCUT2D eigenvalue weighted by atomic mass is 32.2. The summed E-state index contributed by atoms with van der Waals surface area (Å²) in [7, 11) is -2.13. The zero-order valence-corrected chi connectivity index (χ0v) is 12.2. The number of methoxy groups -OCH3 is 1. The third-order valence-electron chi connectivity index (χ3n) is 3.50. The first kappa shape index (κ1) is 14.8. The van der Waals surface area contributed by atoms with Crippen LogP contribution in [-0.2, 0) is 14.8 Å². The van der Waals surface area contributed by atoms with E-state index in [0.29, 0.717) is 17.7 Å². The molecule has 1 aliphatic heterocycles. The number of aliphatic carboxylic acids is 1. The molecule has 2 rings (SSSR count). The third kappa shape index (κ3) is 2.64. The molecule has 0 amide bonds. The van der Waals surface area contributed by atoms with Crippen LogP contribution >= 0.6 is 0 Å². The van der Waals surface area contributed by atoms with Crippen LogP contribution in [-0.4, -0.2) is 44.0 Å². The van der Waals surface area contributed by atoms with E-state index in [1.807, 2.05) is 0 Å². The van der Waals surface area contributed by atoms with Gasteiger partial charge in [0.05, 0.1) is 17.9 Å². The number of carboxylic acids is 1. The molecule has 1 unspecified atom stereocenters. The lowest BCUT2D eigenvalue weighted by Crippen LogP contribution is -2.30. The minimum absolute atomic E-state index is 0.0309. The van der Waals surface area contributed by atoms with E-state index in [9.17, 15) is 13.2 Å². The Morgan fingerprint density at radius 3 is 2.65 bits per heavy atom. The minimum Gasteiger partial charge on any atom is -0.497 e. The number of nitrogens with zero attached hydrogens (tertiary/aromatic N) is 1. The first-order chi connectivity index (χ1) is 9.36. The molecule has 1 heterocycles. The molecule has 1 aromatic carbocycles. The summed E-state index contributed by atoms with van der Waals surface area (Å²) in [5, 5.41) is 8.95. The topological polar surface area (TPSA) is 83.9 Å². The van der Waals surface area contributed by atoms with E-state index in [2.05, 4.69) is 0 Å². The van der Waals surface area contributed by atoms with Gasteiger partial charge < -0.3 is 9.84 Å². The summed E-state index contributed by atoms with van der Waals surface area (Å²) >= 11 is 0. The molecule has 0 aliphatic carbocycles. The summed E-state index contributed by atoms with van der Waals surface area (Å²) < 4.78 is 31.3. The van der Waals surface area contributed by atoms with Crippen LogP contribution in [0.2, 0.25) is 0 Å². The van der Waals surface area contributed by atoms with E-state index < -0.39 is 21.9 Å². The average Bonchev–Trinajstić information content (AvgIpc) is 2.88. The van der Waals surface area contributed by atoms with Crippen molar-refractivity contribution in [2.75, 3.05) is 20.2 Å². The predicted molar refractivity (Wildman–Crippen MR) is 72.2 cm³/mol. The number of carbonyl (C=O) groups is 1. The first-order valence-electron chi connectivity index (χ1n) is 6.24. The van der Waals surface area contributed by atoms with Crippen molar-refractivity contribution in [2.24, 2.45) is 5.92 Å². The van der Waals surface area contributed by atoms with Crippen LogP contribution in [0.1, 0.15) is 12.0 Å². The molecular weight excluding hydrogens is 282 g/mol. The van der Waals surface area contributed by atoms with E-state index in [4.69, 9.17) is 9.84 Å². The standard InChI is InChI=1S/C13H17NO5S/c1-9-7-11(19-2)3-4-12(9)20(17,18)14-6-5-10(8-14)13(15)16/h3-4,7,10H,5-6,8H2,1-2H3,(H,15,16). The van der Waals surface area contributed by atoms with Crippen LogP contribution in [0.25, 0.3) is 0 Å². The monoisotopic (exact) mass is 299 g/mol. The molecular formula is C13H17NO5S. The minimum atomic E-state index is -3.65. The zero-order valence-electron chi connectivity index (χ0n) is 11.4. The molecule has 0 spiro atoms. The maximum absolute atomic E-state index is 12.5. The molecule has 1 atom stereocenters. The Balaban J connectivity index is 2.30. The maximum Gasteiger partial charge on any atom is 0.307 e. The Morgan fingerprint density at radius 1 is 1.45 bits per heavy atom. The Morgan fingerprint density at radius 2 is 2.15 bits per heavy atom. The van der Waals surface area contributed by atoms with Gasteiger partial charge in [-0.05, 0) is 37.1 Å². The highest BCUT2D eigenvalue weighted by Gasteiger charge is 2.36. The first-order valence-corrected chi connectivity index (χ1v) is 7.68. The fourth-order valence-electron chi connectivity index (χ4n) is 2.33. The predicted octanol–water partition coefficient (Wildman–Crippen LogP) is 1.10. The van der Waals surface area contributed by atoms with Crippen LogP contribution in [0.3, 0.4) is 0 Å². The highest BCUT2D eigenvalue weighted by Crippen LogP contribution is 2.28. The van der Waals surface area contributed by atoms with Gasteiger partial charge in [0.25, 0.3) is 0 Å². The summed E-state index contributed by atoms with van der Waals surface area (Å²) in [6.07, 6.45) is 0.351. The van der Waals surface area contributed by atoms with E-state index in [1.54, 1.807) is 19.1 Å². The van der Waals surface area contributed by atoms with Crippen molar-refractivity contribution < 1.29 is 23.1 Å². The van der Waals surface area contributed by atoms with Crippen LogP contribution in [0.15, 0.2) is 23.1 Å². The van der Waals surface area contributed by atoms with E-state index >= 15 is 0 Å². The van der Waals surface area contributed by atoms with E-state index in [-0.39, 0.29) is 18.0 Å². The molecule has 0 radical (unpaired) electrons. The van der Waals surface area contributed by atoms with Gasteiger partial charge in [0.2, 0.25) is 10.0 Å². The number of benzene rings is 1. The zero-order chi connectivity index (χ0) is 14.9. The SMILES string of the molecule is COc1ccc(S(=O)(=O)N2CCC(C(=O)O)C2)c(C)c1. The second-order valence-corrected chi connectivity index (χ2v) is 6.72. The molecule has 0 saturated carbocycles. The lowest BCUT2D eigenvalue weighted by Gasteiger charge is -2.17. The molecule has 110 valence electrons. The van der Waals surface area contributed by atoms with Gasteiger partial charge in [0.1, 0.15) is 5.75 Å². The van der Waals surface area contributed by atoms with Crippen LogP contribution in [0, 0.1) is 12.8 Å². The smallest absolute Gasteiger partial charge is 0.307 e. The number of aryl methyl sites for hydroxylation is 1. The number of hydrogen-bond donors (Lipinski definition) is 1. The van der Waals surface area contributed by atoms with E-state index in [0.717, 1.165) is 0 Å². The average molecular weight is 299 g/mol. The summed E-state index contributed by atoms with van der Waals surface area (Å²) in [6, 6.07) is 4.74. The molecule has 6 nitrogen and oxygen atoms in total. The number of hydrogen-bond acceptors (Lipinski definition) is 4. The fraction of sp³-hybridized carbons (Fsp3) is 0.462. The summed E-state index contributed by atoms with van der Waals surface area (Å²) in [5.74, 6) is -0.983. The van der Waals surface area contributed by atoms with Crippen molar-refractivity contribution in [3.63, 3.8) is 0 Å². The number of carboxylic acid groups (broad SMARTS) is 1. The number of ether oxygens (including phenoxy) is 1. The second kappa shape index (κ2) is 5.41. The van der Waals surface area contributed by atoms with Crippen molar-refractivity contribution in [3.05, 3.63) is 23.8 Å². The summed E-state index contributed by atoms with van der Waals surface area (Å²) in [4.78, 5) is 11.1. The van der Waals surface area contributed by atoms with Gasteiger partial charge in [0.15, 0.2) is 0 Å². The Hall–Kier alpha value is -1.60. The van der Waals surface area contributed by atoms with Crippen molar-refractivity contribution in [2.45, 2.75) is 18.2 Å². The maximum atomic E-state index is 12.5. The third-order valence-corrected chi connectivity index (χ3v) is 5.53. The summed E-state index contributed by atoms with van der Waals surface area (Å²) in [6.45, 7) is 1.97. The molecule has 1 aromatic rings. The largest absolute Gasteiger partial charge is 0.497 e. The van der Waals surface area contributed by atoms with Gasteiger partial charge >= 0.3 is 5.97 Å². The van der Waals surface area contributed by atoms with Gasteiger partial charge in [-0.15, -0.1) is 0 Å². The second-order valence-electron chi connectivity index (χ2n) is 4.82. The fourth-order valence-corrected chi connectivity index (χ4v) is 4.03. The van der Waals surface area contributed by atoms with Gasteiger partial charge in [-0.25, -0.2) is 8.42 Å².